The van der Waals surface area contributed by atoms with E-state index in [4.69, 9.17) is 0 Å². The predicted molar refractivity (Wildman–Crippen MR) is 92.9 cm³/mol. The van der Waals surface area contributed by atoms with Crippen LogP contribution in [0, 0.1) is 0 Å². The van der Waals surface area contributed by atoms with Crippen LogP contribution in [0.3, 0.4) is 0 Å². The third-order valence-corrected chi connectivity index (χ3v) is 5.04. The van der Waals surface area contributed by atoms with E-state index in [1.807, 2.05) is 12.3 Å². The molecule has 0 radical (unpaired) electrons. The second-order valence-corrected chi connectivity index (χ2v) is 6.88. The number of nitrogens with one attached hydrogen (secondary N) is 1. The van der Waals surface area contributed by atoms with Crippen molar-refractivity contribution in [3.05, 3.63) is 24.0 Å². The monoisotopic (exact) mass is 316 g/mol. The third-order valence-electron chi connectivity index (χ3n) is 5.04. The highest BCUT2D eigenvalue weighted by Crippen LogP contribution is 2.19. The van der Waals surface area contributed by atoms with Crippen LogP contribution in [-0.4, -0.2) is 55.1 Å². The number of carbonyl (C=O) groups excluding carboxylic acids is 1. The van der Waals surface area contributed by atoms with Gasteiger partial charge in [-0.15, -0.1) is 0 Å². The molecular formula is C18H28N4O. The molecule has 2 heterocycles. The van der Waals surface area contributed by atoms with Gasteiger partial charge in [0.1, 0.15) is 0 Å². The van der Waals surface area contributed by atoms with Crippen molar-refractivity contribution in [1.29, 1.82) is 0 Å². The number of carbonyl (C=O) groups is 1. The summed E-state index contributed by atoms with van der Waals surface area (Å²) in [6.07, 6.45) is 10.8. The molecule has 5 nitrogen and oxygen atoms in total. The number of piperazine rings is 1. The van der Waals surface area contributed by atoms with Gasteiger partial charge in [0.05, 0.1) is 17.4 Å². The van der Waals surface area contributed by atoms with E-state index in [1.54, 1.807) is 6.20 Å². The van der Waals surface area contributed by atoms with E-state index in [2.05, 4.69) is 27.1 Å². The Morgan fingerprint density at radius 2 is 1.78 bits per heavy atom. The van der Waals surface area contributed by atoms with Crippen LogP contribution in [0.2, 0.25) is 0 Å². The molecule has 1 aromatic heterocycles. The molecule has 1 N–H and O–H groups in total. The van der Waals surface area contributed by atoms with E-state index < -0.39 is 0 Å². The summed E-state index contributed by atoms with van der Waals surface area (Å²) >= 11 is 0. The summed E-state index contributed by atoms with van der Waals surface area (Å²) in [6, 6.07) is 2.32. The molecule has 1 aromatic rings. The zero-order chi connectivity index (χ0) is 16.1. The third kappa shape index (κ3) is 4.44. The van der Waals surface area contributed by atoms with Gasteiger partial charge in [-0.05, 0) is 26.0 Å². The molecule has 126 valence electrons. The van der Waals surface area contributed by atoms with Gasteiger partial charge in [-0.25, -0.2) is 0 Å². The van der Waals surface area contributed by atoms with Crippen LogP contribution in [-0.2, 0) is 0 Å². The molecule has 1 saturated carbocycles. The molecule has 5 heteroatoms. The van der Waals surface area contributed by atoms with Crippen molar-refractivity contribution in [3.8, 4) is 0 Å². The molecule has 1 aliphatic heterocycles. The first-order valence-electron chi connectivity index (χ1n) is 8.92. The summed E-state index contributed by atoms with van der Waals surface area (Å²) in [5.74, 6) is 0.0281. The average molecular weight is 316 g/mol. The quantitative estimate of drug-likeness (QED) is 0.869. The van der Waals surface area contributed by atoms with Crippen molar-refractivity contribution >= 4 is 11.6 Å². The maximum atomic E-state index is 12.5. The summed E-state index contributed by atoms with van der Waals surface area (Å²) in [7, 11) is 2.15. The summed E-state index contributed by atoms with van der Waals surface area (Å²) < 4.78 is 0. The fraction of sp³-hybridized carbons (Fsp3) is 0.667. The summed E-state index contributed by atoms with van der Waals surface area (Å²) in [4.78, 5) is 21.5. The zero-order valence-electron chi connectivity index (χ0n) is 14.1. The van der Waals surface area contributed by atoms with Crippen LogP contribution in [0.5, 0.6) is 0 Å². The Morgan fingerprint density at radius 3 is 2.48 bits per heavy atom. The first-order chi connectivity index (χ1) is 11.2. The summed E-state index contributed by atoms with van der Waals surface area (Å²) in [6.45, 7) is 4.09. The van der Waals surface area contributed by atoms with E-state index in [-0.39, 0.29) is 5.91 Å². The molecule has 0 unspecified atom stereocenters. The van der Waals surface area contributed by atoms with Crippen molar-refractivity contribution in [2.24, 2.45) is 0 Å². The Kier molecular flexibility index (Phi) is 5.49. The number of hydrogen-bond acceptors (Lipinski definition) is 4. The van der Waals surface area contributed by atoms with Crippen LogP contribution in [0.15, 0.2) is 18.5 Å². The molecule has 0 atom stereocenters. The van der Waals surface area contributed by atoms with Gasteiger partial charge in [0, 0.05) is 38.4 Å². The molecule has 23 heavy (non-hydrogen) atoms. The molecule has 1 amide bonds. The minimum Gasteiger partial charge on any atom is -0.368 e. The van der Waals surface area contributed by atoms with E-state index >= 15 is 0 Å². The van der Waals surface area contributed by atoms with Crippen LogP contribution >= 0.6 is 0 Å². The van der Waals surface area contributed by atoms with E-state index in [0.717, 1.165) is 44.7 Å². The molecule has 0 bridgehead atoms. The maximum Gasteiger partial charge on any atom is 0.253 e. The molecule has 0 spiro atoms. The van der Waals surface area contributed by atoms with Crippen molar-refractivity contribution in [1.82, 2.24) is 15.2 Å². The number of aromatic nitrogens is 1. The highest BCUT2D eigenvalue weighted by Gasteiger charge is 2.18. The first-order valence-corrected chi connectivity index (χ1v) is 8.92. The van der Waals surface area contributed by atoms with Crippen molar-refractivity contribution < 1.29 is 4.79 Å². The van der Waals surface area contributed by atoms with Crippen LogP contribution in [0.4, 0.5) is 5.69 Å². The molecular weight excluding hydrogens is 288 g/mol. The summed E-state index contributed by atoms with van der Waals surface area (Å²) in [5, 5.41) is 3.21. The fourth-order valence-corrected chi connectivity index (χ4v) is 3.48. The fourth-order valence-electron chi connectivity index (χ4n) is 3.48. The minimum absolute atomic E-state index is 0.0281. The minimum atomic E-state index is 0.0281. The van der Waals surface area contributed by atoms with Gasteiger partial charge < -0.3 is 15.1 Å². The van der Waals surface area contributed by atoms with Gasteiger partial charge >= 0.3 is 0 Å². The normalized spacial score (nSPS) is 21.0. The van der Waals surface area contributed by atoms with Crippen LogP contribution in [0.1, 0.15) is 48.9 Å². The highest BCUT2D eigenvalue weighted by molar-refractivity contribution is 5.94. The van der Waals surface area contributed by atoms with Crippen LogP contribution in [0.25, 0.3) is 0 Å². The number of hydrogen-bond donors (Lipinski definition) is 1. The van der Waals surface area contributed by atoms with Gasteiger partial charge in [-0.3, -0.25) is 9.78 Å². The second-order valence-electron chi connectivity index (χ2n) is 6.88. The number of anilines is 1. The summed E-state index contributed by atoms with van der Waals surface area (Å²) in [5.41, 5.74) is 1.75. The van der Waals surface area contributed by atoms with Crippen molar-refractivity contribution in [2.75, 3.05) is 38.1 Å². The largest absolute Gasteiger partial charge is 0.368 e. The molecule has 1 saturated heterocycles. The molecule has 1 aliphatic carbocycles. The number of nitrogens with zero attached hydrogens (tertiary/aromatic N) is 3. The van der Waals surface area contributed by atoms with Gasteiger partial charge in [0.15, 0.2) is 0 Å². The Morgan fingerprint density at radius 1 is 1.09 bits per heavy atom. The highest BCUT2D eigenvalue weighted by atomic mass is 16.1. The van der Waals surface area contributed by atoms with Gasteiger partial charge in [0.25, 0.3) is 5.91 Å². The number of amides is 1. The van der Waals surface area contributed by atoms with E-state index in [0.29, 0.717) is 11.6 Å². The zero-order valence-corrected chi connectivity index (χ0v) is 14.1. The predicted octanol–water partition coefficient (Wildman–Crippen LogP) is 2.29. The standard InChI is InChI=1S/C18H28N4O/c1-21-8-10-22(11-9-21)17-12-15(13-19-14-17)18(23)20-16-6-4-2-3-5-7-16/h12-14,16H,2-11H2,1H3,(H,20,23). The van der Waals surface area contributed by atoms with Gasteiger partial charge in [0.2, 0.25) is 0 Å². The average Bonchev–Trinajstić information content (AvgIpc) is 2.84. The second kappa shape index (κ2) is 7.77. The lowest BCUT2D eigenvalue weighted by molar-refractivity contribution is 0.0933. The molecule has 2 aliphatic rings. The Hall–Kier alpha value is -1.62. The van der Waals surface area contributed by atoms with E-state index in [1.165, 1.54) is 25.7 Å². The smallest absolute Gasteiger partial charge is 0.253 e. The number of rotatable bonds is 3. The Bertz CT molecular complexity index is 518. The SMILES string of the molecule is CN1CCN(c2cncc(C(=O)NC3CCCCCC3)c2)CC1. The first kappa shape index (κ1) is 16.2. The topological polar surface area (TPSA) is 48.5 Å². The van der Waals surface area contributed by atoms with Crippen molar-refractivity contribution in [3.63, 3.8) is 0 Å². The maximum absolute atomic E-state index is 12.5. The van der Waals surface area contributed by atoms with Crippen molar-refractivity contribution in [2.45, 2.75) is 44.6 Å². The van der Waals surface area contributed by atoms with Gasteiger partial charge in [-0.1, -0.05) is 25.7 Å². The number of likely N-dealkylation sites (N-methyl/N-ethyl adjacent to an activating group) is 1. The lowest BCUT2D eigenvalue weighted by atomic mass is 10.1. The molecule has 2 fully saturated rings. The van der Waals surface area contributed by atoms with Crippen LogP contribution < -0.4 is 10.2 Å². The lowest BCUT2D eigenvalue weighted by Gasteiger charge is -2.33. The van der Waals surface area contributed by atoms with Gasteiger partial charge in [-0.2, -0.15) is 0 Å². The lowest BCUT2D eigenvalue weighted by Crippen LogP contribution is -2.44. The molecule has 0 aromatic carbocycles. The van der Waals surface area contributed by atoms with E-state index in [9.17, 15) is 4.79 Å². The number of pyridine rings is 1. The molecule has 3 rings (SSSR count). The Labute approximate surface area is 139 Å². The Balaban J connectivity index is 1.63.